The maximum absolute atomic E-state index is 5.55. The largest absolute Gasteiger partial charge is 0.384 e. The predicted octanol–water partition coefficient (Wildman–Crippen LogP) is 3.71. The van der Waals surface area contributed by atoms with Gasteiger partial charge in [-0.1, -0.05) is 20.8 Å². The highest BCUT2D eigenvalue weighted by Gasteiger charge is 2.17. The first-order chi connectivity index (χ1) is 8.45. The Morgan fingerprint density at radius 3 is 2.67 bits per heavy atom. The molecule has 2 N–H and O–H groups in total. The van der Waals surface area contributed by atoms with Crippen molar-refractivity contribution >= 4 is 28.9 Å². The zero-order valence-corrected chi connectivity index (χ0v) is 12.4. The van der Waals surface area contributed by atoms with Gasteiger partial charge >= 0.3 is 0 Å². The van der Waals surface area contributed by atoms with E-state index in [0.29, 0.717) is 5.82 Å². The van der Waals surface area contributed by atoms with Gasteiger partial charge in [0.05, 0.1) is 11.4 Å². The number of thiazole rings is 1. The van der Waals surface area contributed by atoms with E-state index in [1.54, 1.807) is 29.3 Å². The van der Waals surface area contributed by atoms with E-state index in [1.165, 1.54) is 5.69 Å². The van der Waals surface area contributed by atoms with Gasteiger partial charge in [-0.25, -0.2) is 9.97 Å². The van der Waals surface area contributed by atoms with Gasteiger partial charge in [-0.15, -0.1) is 23.1 Å². The Hall–Kier alpha value is -1.07. The summed E-state index contributed by atoms with van der Waals surface area (Å²) in [4.78, 5) is 9.86. The molecule has 0 aliphatic rings. The molecule has 2 aromatic heterocycles. The van der Waals surface area contributed by atoms with Crippen molar-refractivity contribution in [2.75, 3.05) is 5.73 Å². The van der Waals surface area contributed by atoms with E-state index in [0.717, 1.165) is 15.7 Å². The number of anilines is 1. The monoisotopic (exact) mass is 279 g/mol. The maximum atomic E-state index is 5.55. The molecule has 2 aromatic rings. The minimum absolute atomic E-state index is 0.127. The molecule has 3 nitrogen and oxygen atoms in total. The molecule has 0 aliphatic carbocycles. The second kappa shape index (κ2) is 5.28. The van der Waals surface area contributed by atoms with Crippen LogP contribution in [-0.4, -0.2) is 9.97 Å². The topological polar surface area (TPSA) is 51.8 Å². The van der Waals surface area contributed by atoms with Crippen molar-refractivity contribution in [3.63, 3.8) is 0 Å². The van der Waals surface area contributed by atoms with Crippen LogP contribution in [0.4, 0.5) is 5.82 Å². The lowest BCUT2D eigenvalue weighted by molar-refractivity contribution is 0.572. The van der Waals surface area contributed by atoms with E-state index < -0.39 is 0 Å². The summed E-state index contributed by atoms with van der Waals surface area (Å²) in [6.45, 7) is 6.55. The van der Waals surface area contributed by atoms with Crippen LogP contribution in [0.15, 0.2) is 28.6 Å². The van der Waals surface area contributed by atoms with Gasteiger partial charge in [0.25, 0.3) is 0 Å². The summed E-state index contributed by atoms with van der Waals surface area (Å²) >= 11 is 3.46. The van der Waals surface area contributed by atoms with Crippen molar-refractivity contribution in [2.24, 2.45) is 0 Å². The minimum atomic E-state index is 0.127. The highest BCUT2D eigenvalue weighted by atomic mass is 32.2. The van der Waals surface area contributed by atoms with Gasteiger partial charge in [-0.3, -0.25) is 0 Å². The molecule has 2 rings (SSSR count). The number of nitrogens with two attached hydrogens (primary N) is 1. The summed E-state index contributed by atoms with van der Waals surface area (Å²) in [5, 5.41) is 3.30. The van der Waals surface area contributed by atoms with Crippen LogP contribution in [-0.2, 0) is 11.2 Å². The van der Waals surface area contributed by atoms with Crippen molar-refractivity contribution in [1.82, 2.24) is 9.97 Å². The van der Waals surface area contributed by atoms with E-state index in [1.807, 2.05) is 12.1 Å². The van der Waals surface area contributed by atoms with Gasteiger partial charge < -0.3 is 5.73 Å². The molecule has 0 fully saturated rings. The summed E-state index contributed by atoms with van der Waals surface area (Å²) in [6.07, 6.45) is 1.80. The van der Waals surface area contributed by atoms with Crippen LogP contribution in [0.25, 0.3) is 0 Å². The van der Waals surface area contributed by atoms with Crippen LogP contribution in [0, 0.1) is 0 Å². The van der Waals surface area contributed by atoms with Gasteiger partial charge in [-0.05, 0) is 12.1 Å². The van der Waals surface area contributed by atoms with Crippen LogP contribution in [0.2, 0.25) is 0 Å². The van der Waals surface area contributed by atoms with Gasteiger partial charge in [0.2, 0.25) is 0 Å². The van der Waals surface area contributed by atoms with E-state index in [4.69, 9.17) is 5.73 Å². The fraction of sp³-hybridized carbons (Fsp3) is 0.385. The predicted molar refractivity (Wildman–Crippen MR) is 79.0 cm³/mol. The second-order valence-corrected chi connectivity index (χ2v) is 7.08. The van der Waals surface area contributed by atoms with Crippen molar-refractivity contribution in [3.05, 3.63) is 34.4 Å². The molecule has 0 bridgehead atoms. The van der Waals surface area contributed by atoms with E-state index in [-0.39, 0.29) is 5.41 Å². The Kier molecular flexibility index (Phi) is 3.92. The molecular formula is C13H17N3S2. The smallest absolute Gasteiger partial charge is 0.123 e. The third kappa shape index (κ3) is 3.46. The Morgan fingerprint density at radius 2 is 2.11 bits per heavy atom. The molecule has 96 valence electrons. The first-order valence-corrected chi connectivity index (χ1v) is 7.61. The Labute approximate surface area is 116 Å². The lowest BCUT2D eigenvalue weighted by Gasteiger charge is -2.14. The zero-order chi connectivity index (χ0) is 13.2. The molecule has 0 spiro atoms. The van der Waals surface area contributed by atoms with Crippen molar-refractivity contribution in [3.8, 4) is 0 Å². The van der Waals surface area contributed by atoms with Gasteiger partial charge in [0, 0.05) is 21.9 Å². The molecule has 0 aliphatic heterocycles. The van der Waals surface area contributed by atoms with Gasteiger partial charge in [0.1, 0.15) is 10.8 Å². The van der Waals surface area contributed by atoms with Crippen LogP contribution in [0.5, 0.6) is 0 Å². The van der Waals surface area contributed by atoms with Crippen LogP contribution in [0.3, 0.4) is 0 Å². The van der Waals surface area contributed by atoms with Crippen LogP contribution >= 0.6 is 23.1 Å². The van der Waals surface area contributed by atoms with Crippen molar-refractivity contribution < 1.29 is 0 Å². The zero-order valence-electron chi connectivity index (χ0n) is 10.8. The summed E-state index contributed by atoms with van der Waals surface area (Å²) in [7, 11) is 0. The molecule has 0 amide bonds. The molecule has 0 saturated heterocycles. The normalized spacial score (nSPS) is 11.7. The van der Waals surface area contributed by atoms with Crippen molar-refractivity contribution in [1.29, 1.82) is 0 Å². The summed E-state index contributed by atoms with van der Waals surface area (Å²) < 4.78 is 0. The first kappa shape index (κ1) is 13.4. The molecule has 0 unspecified atom stereocenters. The number of nitrogens with zero attached hydrogens (tertiary/aromatic N) is 2. The standard InChI is InChI=1S/C13H17N3S2/c1-13(2,3)10-7-18-12(16-10)8-17-9-4-5-11(14)15-6-9/h4-7H,8H2,1-3H3,(H2,14,15). The molecule has 5 heteroatoms. The lowest BCUT2D eigenvalue weighted by atomic mass is 9.93. The summed E-state index contributed by atoms with van der Waals surface area (Å²) in [5.41, 5.74) is 6.85. The quantitative estimate of drug-likeness (QED) is 0.870. The number of aromatic nitrogens is 2. The van der Waals surface area contributed by atoms with Crippen LogP contribution in [0.1, 0.15) is 31.5 Å². The number of rotatable bonds is 3. The summed E-state index contributed by atoms with van der Waals surface area (Å²) in [5.74, 6) is 1.44. The molecule has 0 aromatic carbocycles. The first-order valence-electron chi connectivity index (χ1n) is 5.74. The number of pyridine rings is 1. The molecular weight excluding hydrogens is 262 g/mol. The fourth-order valence-electron chi connectivity index (χ4n) is 1.34. The maximum Gasteiger partial charge on any atom is 0.123 e. The van der Waals surface area contributed by atoms with Gasteiger partial charge in [0.15, 0.2) is 0 Å². The Morgan fingerprint density at radius 1 is 1.33 bits per heavy atom. The van der Waals surface area contributed by atoms with E-state index in [9.17, 15) is 0 Å². The Bertz CT molecular complexity index is 512. The third-order valence-corrected chi connectivity index (χ3v) is 4.47. The number of hydrogen-bond acceptors (Lipinski definition) is 5. The fourth-order valence-corrected chi connectivity index (χ4v) is 3.24. The molecule has 0 atom stereocenters. The van der Waals surface area contributed by atoms with E-state index >= 15 is 0 Å². The molecule has 18 heavy (non-hydrogen) atoms. The molecule has 2 heterocycles. The average molecular weight is 279 g/mol. The number of thioether (sulfide) groups is 1. The van der Waals surface area contributed by atoms with Crippen molar-refractivity contribution in [2.45, 2.75) is 36.8 Å². The highest BCUT2D eigenvalue weighted by molar-refractivity contribution is 7.98. The van der Waals surface area contributed by atoms with Gasteiger partial charge in [-0.2, -0.15) is 0 Å². The average Bonchev–Trinajstić information content (AvgIpc) is 2.77. The molecule has 0 saturated carbocycles. The lowest BCUT2D eigenvalue weighted by Crippen LogP contribution is -2.11. The van der Waals surface area contributed by atoms with Crippen LogP contribution < -0.4 is 5.73 Å². The minimum Gasteiger partial charge on any atom is -0.384 e. The Balaban J connectivity index is 1.98. The SMILES string of the molecule is CC(C)(C)c1csc(CSc2ccc(N)nc2)n1. The number of nitrogen functional groups attached to an aromatic ring is 1. The second-order valence-electron chi connectivity index (χ2n) is 5.08. The third-order valence-electron chi connectivity index (χ3n) is 2.44. The highest BCUT2D eigenvalue weighted by Crippen LogP contribution is 2.28. The molecule has 0 radical (unpaired) electrons. The van der Waals surface area contributed by atoms with E-state index in [2.05, 4.69) is 36.1 Å². The summed E-state index contributed by atoms with van der Waals surface area (Å²) in [6, 6.07) is 3.82. The number of hydrogen-bond donors (Lipinski definition) is 1.